The van der Waals surface area contributed by atoms with Crippen LogP contribution in [-0.2, 0) is 0 Å². The van der Waals surface area contributed by atoms with Gasteiger partial charge in [0, 0.05) is 5.02 Å². The zero-order valence-corrected chi connectivity index (χ0v) is 11.3. The van der Waals surface area contributed by atoms with Crippen molar-refractivity contribution in [1.29, 1.82) is 0 Å². The van der Waals surface area contributed by atoms with E-state index in [2.05, 4.69) is 5.32 Å². The van der Waals surface area contributed by atoms with Gasteiger partial charge in [0.25, 0.3) is 5.91 Å². The Labute approximate surface area is 124 Å². The molecule has 1 amide bonds. The van der Waals surface area contributed by atoms with E-state index in [1.807, 2.05) is 0 Å². The van der Waals surface area contributed by atoms with Gasteiger partial charge < -0.3 is 20.6 Å². The second-order valence-corrected chi connectivity index (χ2v) is 4.59. The molecule has 0 fully saturated rings. The number of aromatic hydroxyl groups is 2. The predicted molar refractivity (Wildman–Crippen MR) is 76.1 cm³/mol. The van der Waals surface area contributed by atoms with Crippen LogP contribution in [0.25, 0.3) is 0 Å². The highest BCUT2D eigenvalue weighted by atomic mass is 35.5. The topological polar surface area (TPSA) is 107 Å². The first-order chi connectivity index (χ1) is 9.88. The van der Waals surface area contributed by atoms with Crippen LogP contribution in [0.2, 0.25) is 5.02 Å². The monoisotopic (exact) mass is 307 g/mol. The third-order valence-corrected chi connectivity index (χ3v) is 2.92. The van der Waals surface area contributed by atoms with Crippen molar-refractivity contribution < 1.29 is 24.9 Å². The van der Waals surface area contributed by atoms with E-state index in [4.69, 9.17) is 16.7 Å². The van der Waals surface area contributed by atoms with Crippen LogP contribution in [0.15, 0.2) is 36.4 Å². The number of anilines is 1. The van der Waals surface area contributed by atoms with E-state index < -0.39 is 11.9 Å². The smallest absolute Gasteiger partial charge is 0.337 e. The summed E-state index contributed by atoms with van der Waals surface area (Å²) >= 11 is 5.77. The number of phenols is 2. The number of carbonyl (C=O) groups is 2. The predicted octanol–water partition coefficient (Wildman–Crippen LogP) is 2.70. The molecule has 21 heavy (non-hydrogen) atoms. The molecule has 0 bridgehead atoms. The molecule has 0 saturated heterocycles. The zero-order valence-electron chi connectivity index (χ0n) is 10.5. The van der Waals surface area contributed by atoms with Gasteiger partial charge in [-0.05, 0) is 36.4 Å². The fraction of sp³-hybridized carbons (Fsp3) is 0. The van der Waals surface area contributed by atoms with E-state index in [-0.39, 0.29) is 33.3 Å². The fourth-order valence-corrected chi connectivity index (χ4v) is 1.87. The van der Waals surface area contributed by atoms with Crippen molar-refractivity contribution in [3.63, 3.8) is 0 Å². The quantitative estimate of drug-likeness (QED) is 0.652. The largest absolute Gasteiger partial charge is 0.508 e. The Balaban J connectivity index is 2.38. The van der Waals surface area contributed by atoms with E-state index in [0.29, 0.717) is 0 Å². The summed E-state index contributed by atoms with van der Waals surface area (Å²) in [6, 6.07) is 7.35. The number of amides is 1. The molecular formula is C14H10ClNO5. The van der Waals surface area contributed by atoms with E-state index in [0.717, 1.165) is 12.1 Å². The first-order valence-electron chi connectivity index (χ1n) is 5.74. The highest BCUT2D eigenvalue weighted by Crippen LogP contribution is 2.25. The van der Waals surface area contributed by atoms with Crippen molar-refractivity contribution >= 4 is 29.2 Å². The van der Waals surface area contributed by atoms with E-state index >= 15 is 0 Å². The number of phenolic OH excluding ortho intramolecular Hbond substituents is 2. The molecule has 0 spiro atoms. The summed E-state index contributed by atoms with van der Waals surface area (Å²) in [5, 5.41) is 30.6. The maximum atomic E-state index is 12.1. The Morgan fingerprint density at radius 3 is 2.38 bits per heavy atom. The molecule has 0 radical (unpaired) electrons. The van der Waals surface area contributed by atoms with E-state index in [1.54, 1.807) is 0 Å². The number of carbonyl (C=O) groups excluding carboxylic acids is 1. The average Bonchev–Trinajstić information content (AvgIpc) is 2.41. The highest BCUT2D eigenvalue weighted by Gasteiger charge is 2.16. The van der Waals surface area contributed by atoms with Crippen molar-refractivity contribution in [2.24, 2.45) is 0 Å². The molecule has 4 N–H and O–H groups in total. The molecule has 0 heterocycles. The molecule has 0 atom stereocenters. The number of benzene rings is 2. The lowest BCUT2D eigenvalue weighted by atomic mass is 10.1. The molecule has 2 aromatic rings. The molecule has 0 saturated carbocycles. The van der Waals surface area contributed by atoms with Gasteiger partial charge in [-0.2, -0.15) is 0 Å². The highest BCUT2D eigenvalue weighted by molar-refractivity contribution is 6.31. The Hall–Kier alpha value is -2.73. The van der Waals surface area contributed by atoms with Crippen LogP contribution in [0.1, 0.15) is 20.7 Å². The minimum Gasteiger partial charge on any atom is -0.508 e. The summed E-state index contributed by atoms with van der Waals surface area (Å²) in [7, 11) is 0. The third-order valence-electron chi connectivity index (χ3n) is 2.68. The molecule has 0 unspecified atom stereocenters. The summed E-state index contributed by atoms with van der Waals surface area (Å²) in [4.78, 5) is 23.1. The van der Waals surface area contributed by atoms with Gasteiger partial charge in [-0.25, -0.2) is 4.79 Å². The van der Waals surface area contributed by atoms with Crippen LogP contribution in [-0.4, -0.2) is 27.2 Å². The van der Waals surface area contributed by atoms with Crippen LogP contribution >= 0.6 is 11.6 Å². The number of aromatic carboxylic acids is 1. The van der Waals surface area contributed by atoms with Crippen molar-refractivity contribution in [3.05, 3.63) is 52.5 Å². The van der Waals surface area contributed by atoms with Crippen molar-refractivity contribution in [2.75, 3.05) is 5.32 Å². The van der Waals surface area contributed by atoms with Crippen LogP contribution < -0.4 is 5.32 Å². The van der Waals surface area contributed by atoms with Crippen LogP contribution in [0, 0.1) is 0 Å². The van der Waals surface area contributed by atoms with E-state index in [1.165, 1.54) is 24.3 Å². The molecule has 0 aromatic heterocycles. The molecule has 2 rings (SSSR count). The van der Waals surface area contributed by atoms with Gasteiger partial charge in [-0.1, -0.05) is 11.6 Å². The van der Waals surface area contributed by atoms with Crippen molar-refractivity contribution in [2.45, 2.75) is 0 Å². The summed E-state index contributed by atoms with van der Waals surface area (Å²) in [6.45, 7) is 0. The number of carboxylic acids is 1. The number of hydrogen-bond donors (Lipinski definition) is 4. The molecule has 7 heteroatoms. The number of hydrogen-bond acceptors (Lipinski definition) is 4. The van der Waals surface area contributed by atoms with Gasteiger partial charge in [-0.15, -0.1) is 0 Å². The normalized spacial score (nSPS) is 10.1. The zero-order chi connectivity index (χ0) is 15.6. The van der Waals surface area contributed by atoms with Crippen LogP contribution in [0.4, 0.5) is 5.69 Å². The SMILES string of the molecule is O=C(Nc1cc(Cl)ccc1C(=O)O)c1cc(O)ccc1O. The number of nitrogens with one attached hydrogen (secondary N) is 1. The van der Waals surface area contributed by atoms with Gasteiger partial charge in [-0.3, -0.25) is 4.79 Å². The van der Waals surface area contributed by atoms with Gasteiger partial charge in [0.1, 0.15) is 11.5 Å². The molecule has 6 nitrogen and oxygen atoms in total. The fourth-order valence-electron chi connectivity index (χ4n) is 1.70. The third kappa shape index (κ3) is 3.24. The van der Waals surface area contributed by atoms with Crippen LogP contribution in [0.3, 0.4) is 0 Å². The van der Waals surface area contributed by atoms with E-state index in [9.17, 15) is 19.8 Å². The first-order valence-corrected chi connectivity index (χ1v) is 6.12. The van der Waals surface area contributed by atoms with Gasteiger partial charge in [0.15, 0.2) is 0 Å². The standard InChI is InChI=1S/C14H10ClNO5/c15-7-1-3-9(14(20)21)11(5-7)16-13(19)10-6-8(17)2-4-12(10)18/h1-6,17-18H,(H,16,19)(H,20,21). The Bertz CT molecular complexity index is 729. The Morgan fingerprint density at radius 1 is 1.00 bits per heavy atom. The molecule has 108 valence electrons. The van der Waals surface area contributed by atoms with Gasteiger partial charge in [0.2, 0.25) is 0 Å². The Kier molecular flexibility index (Phi) is 4.00. The van der Waals surface area contributed by atoms with Crippen molar-refractivity contribution in [3.8, 4) is 11.5 Å². The Morgan fingerprint density at radius 2 is 1.71 bits per heavy atom. The molecular weight excluding hydrogens is 298 g/mol. The molecule has 0 aliphatic carbocycles. The molecule has 0 aliphatic rings. The average molecular weight is 308 g/mol. The maximum absolute atomic E-state index is 12.1. The van der Waals surface area contributed by atoms with Gasteiger partial charge >= 0.3 is 5.97 Å². The number of halogens is 1. The van der Waals surface area contributed by atoms with Crippen LogP contribution in [0.5, 0.6) is 11.5 Å². The summed E-state index contributed by atoms with van der Waals surface area (Å²) in [5.74, 6) is -2.55. The summed E-state index contributed by atoms with van der Waals surface area (Å²) in [6.07, 6.45) is 0. The van der Waals surface area contributed by atoms with Gasteiger partial charge in [0.05, 0.1) is 16.8 Å². The summed E-state index contributed by atoms with van der Waals surface area (Å²) < 4.78 is 0. The summed E-state index contributed by atoms with van der Waals surface area (Å²) in [5.41, 5.74) is -0.346. The lowest BCUT2D eigenvalue weighted by Crippen LogP contribution is -2.15. The molecule has 0 aliphatic heterocycles. The lowest BCUT2D eigenvalue weighted by Gasteiger charge is -2.10. The second-order valence-electron chi connectivity index (χ2n) is 4.15. The molecule has 2 aromatic carbocycles. The lowest BCUT2D eigenvalue weighted by molar-refractivity contribution is 0.0698. The number of carboxylic acid groups (broad SMARTS) is 1. The second kappa shape index (κ2) is 5.72. The number of rotatable bonds is 3. The first kappa shape index (κ1) is 14.7. The minimum absolute atomic E-state index is 0.0113. The maximum Gasteiger partial charge on any atom is 0.337 e. The van der Waals surface area contributed by atoms with Crippen molar-refractivity contribution in [1.82, 2.24) is 0 Å². The minimum atomic E-state index is -1.23.